The number of aromatic nitrogens is 3. The van der Waals surface area contributed by atoms with Crippen molar-refractivity contribution in [2.24, 2.45) is 0 Å². The summed E-state index contributed by atoms with van der Waals surface area (Å²) in [6, 6.07) is 8.39. The molecule has 2 aromatic heterocycles. The molecule has 0 fully saturated rings. The molecule has 0 atom stereocenters. The topological polar surface area (TPSA) is 56.8 Å². The number of fused-ring (bicyclic) bond motifs is 1. The molecule has 5 nitrogen and oxygen atoms in total. The van der Waals surface area contributed by atoms with Crippen molar-refractivity contribution in [3.63, 3.8) is 0 Å². The average Bonchev–Trinajstić information content (AvgIpc) is 3.23. The van der Waals surface area contributed by atoms with Gasteiger partial charge in [-0.1, -0.05) is 30.4 Å². The number of hydrogen-bond acceptors (Lipinski definition) is 5. The molecule has 2 N–H and O–H groups in total. The van der Waals surface area contributed by atoms with Crippen molar-refractivity contribution >= 4 is 33.5 Å². The molecule has 1 aliphatic heterocycles. The van der Waals surface area contributed by atoms with Gasteiger partial charge in [-0.3, -0.25) is 0 Å². The van der Waals surface area contributed by atoms with Gasteiger partial charge >= 0.3 is 0 Å². The first kappa shape index (κ1) is 14.3. The Kier molecular flexibility index (Phi) is 3.98. The fourth-order valence-corrected chi connectivity index (χ4v) is 3.56. The van der Waals surface area contributed by atoms with Crippen molar-refractivity contribution in [3.8, 4) is 0 Å². The smallest absolute Gasteiger partial charge is 0.236 e. The quantitative estimate of drug-likeness (QED) is 0.706. The lowest BCUT2D eigenvalue weighted by Crippen LogP contribution is -2.26. The highest BCUT2D eigenvalue weighted by atomic mass is 32.1. The van der Waals surface area contributed by atoms with Crippen LogP contribution in [-0.4, -0.2) is 34.0 Å². The van der Waals surface area contributed by atoms with Crippen molar-refractivity contribution in [1.29, 1.82) is 0 Å². The van der Waals surface area contributed by atoms with E-state index in [-0.39, 0.29) is 0 Å². The first-order valence-corrected chi connectivity index (χ1v) is 8.70. The van der Waals surface area contributed by atoms with Crippen LogP contribution in [0.25, 0.3) is 10.9 Å². The van der Waals surface area contributed by atoms with Crippen LogP contribution in [-0.2, 0) is 6.42 Å². The van der Waals surface area contributed by atoms with Crippen molar-refractivity contribution in [2.75, 3.05) is 29.9 Å². The molecule has 0 amide bonds. The van der Waals surface area contributed by atoms with E-state index in [0.717, 1.165) is 43.6 Å². The lowest BCUT2D eigenvalue weighted by molar-refractivity contribution is 0.816. The lowest BCUT2D eigenvalue weighted by Gasteiger charge is -2.21. The minimum absolute atomic E-state index is 0.736. The molecule has 0 saturated carbocycles. The molecule has 23 heavy (non-hydrogen) atoms. The van der Waals surface area contributed by atoms with E-state index in [0.29, 0.717) is 0 Å². The third-order valence-electron chi connectivity index (χ3n) is 4.10. The van der Waals surface area contributed by atoms with E-state index < -0.39 is 0 Å². The normalized spacial score (nSPS) is 14.5. The van der Waals surface area contributed by atoms with Crippen LogP contribution in [0, 0.1) is 0 Å². The summed E-state index contributed by atoms with van der Waals surface area (Å²) in [5, 5.41) is 5.63. The SMILES string of the molecule is C1=CCN(c2nc(NCCc3c[nH]c4ccccc34)ns2)CC1. The predicted octanol–water partition coefficient (Wildman–Crippen LogP) is 3.44. The molecule has 6 heteroatoms. The summed E-state index contributed by atoms with van der Waals surface area (Å²) in [5.74, 6) is 0.736. The Hall–Kier alpha value is -2.34. The van der Waals surface area contributed by atoms with Gasteiger partial charge in [-0.25, -0.2) is 0 Å². The van der Waals surface area contributed by atoms with Crippen LogP contribution in [0.2, 0.25) is 0 Å². The van der Waals surface area contributed by atoms with Crippen LogP contribution < -0.4 is 10.2 Å². The van der Waals surface area contributed by atoms with Gasteiger partial charge in [0.05, 0.1) is 0 Å². The van der Waals surface area contributed by atoms with Crippen molar-refractivity contribution in [3.05, 3.63) is 48.2 Å². The molecule has 4 rings (SSSR count). The van der Waals surface area contributed by atoms with Crippen LogP contribution >= 0.6 is 11.5 Å². The van der Waals surface area contributed by atoms with E-state index >= 15 is 0 Å². The zero-order valence-electron chi connectivity index (χ0n) is 12.8. The van der Waals surface area contributed by atoms with Gasteiger partial charge in [0.2, 0.25) is 11.1 Å². The average molecular weight is 325 g/mol. The zero-order valence-corrected chi connectivity index (χ0v) is 13.6. The highest BCUT2D eigenvalue weighted by Crippen LogP contribution is 2.22. The fraction of sp³-hybridized carbons (Fsp3) is 0.294. The summed E-state index contributed by atoms with van der Waals surface area (Å²) >= 11 is 1.47. The van der Waals surface area contributed by atoms with Crippen LogP contribution in [0.1, 0.15) is 12.0 Å². The predicted molar refractivity (Wildman–Crippen MR) is 96.4 cm³/mol. The molecule has 3 aromatic rings. The Morgan fingerprint density at radius 3 is 3.13 bits per heavy atom. The van der Waals surface area contributed by atoms with E-state index in [9.17, 15) is 0 Å². The highest BCUT2D eigenvalue weighted by Gasteiger charge is 2.12. The van der Waals surface area contributed by atoms with Gasteiger partial charge in [-0.05, 0) is 24.5 Å². The molecule has 1 aromatic carbocycles. The molecule has 0 radical (unpaired) electrons. The van der Waals surface area contributed by atoms with E-state index in [1.165, 1.54) is 28.0 Å². The Morgan fingerprint density at radius 1 is 1.26 bits per heavy atom. The van der Waals surface area contributed by atoms with Crippen LogP contribution in [0.5, 0.6) is 0 Å². The number of anilines is 2. The second-order valence-electron chi connectivity index (χ2n) is 5.64. The minimum atomic E-state index is 0.736. The highest BCUT2D eigenvalue weighted by molar-refractivity contribution is 7.09. The summed E-state index contributed by atoms with van der Waals surface area (Å²) in [6.45, 7) is 2.79. The van der Waals surface area contributed by atoms with Gasteiger partial charge < -0.3 is 15.2 Å². The molecule has 0 unspecified atom stereocenters. The van der Waals surface area contributed by atoms with Crippen LogP contribution in [0.4, 0.5) is 11.1 Å². The lowest BCUT2D eigenvalue weighted by atomic mass is 10.1. The molecule has 0 aliphatic carbocycles. The van der Waals surface area contributed by atoms with Gasteiger partial charge in [0, 0.05) is 48.3 Å². The number of para-hydroxylation sites is 1. The maximum Gasteiger partial charge on any atom is 0.236 e. The van der Waals surface area contributed by atoms with Crippen molar-refractivity contribution in [2.45, 2.75) is 12.8 Å². The largest absolute Gasteiger partial charge is 0.361 e. The third-order valence-corrected chi connectivity index (χ3v) is 4.87. The molecular formula is C17H19N5S. The van der Waals surface area contributed by atoms with Gasteiger partial charge in [0.25, 0.3) is 0 Å². The van der Waals surface area contributed by atoms with E-state index in [4.69, 9.17) is 0 Å². The monoisotopic (exact) mass is 325 g/mol. The summed E-state index contributed by atoms with van der Waals surface area (Å²) in [7, 11) is 0. The number of nitrogens with zero attached hydrogens (tertiary/aromatic N) is 3. The molecule has 0 bridgehead atoms. The summed E-state index contributed by atoms with van der Waals surface area (Å²) in [5.41, 5.74) is 2.51. The van der Waals surface area contributed by atoms with Crippen LogP contribution in [0.3, 0.4) is 0 Å². The zero-order chi connectivity index (χ0) is 15.5. The van der Waals surface area contributed by atoms with Crippen LogP contribution in [0.15, 0.2) is 42.6 Å². The Labute approximate surface area is 139 Å². The minimum Gasteiger partial charge on any atom is -0.361 e. The molecular weight excluding hydrogens is 306 g/mol. The fourth-order valence-electron chi connectivity index (χ4n) is 2.88. The van der Waals surface area contributed by atoms with Gasteiger partial charge in [0.1, 0.15) is 0 Å². The van der Waals surface area contributed by atoms with E-state index in [2.05, 4.69) is 67.2 Å². The number of benzene rings is 1. The second kappa shape index (κ2) is 6.42. The number of nitrogens with one attached hydrogen (secondary N) is 2. The first-order valence-electron chi connectivity index (χ1n) is 7.93. The second-order valence-corrected chi connectivity index (χ2v) is 6.37. The summed E-state index contributed by atoms with van der Waals surface area (Å²) in [6.07, 6.45) is 8.53. The number of aromatic amines is 1. The van der Waals surface area contributed by atoms with Crippen molar-refractivity contribution in [1.82, 2.24) is 14.3 Å². The molecule has 3 heterocycles. The van der Waals surface area contributed by atoms with E-state index in [1.54, 1.807) is 0 Å². The first-order chi connectivity index (χ1) is 11.4. The number of hydrogen-bond donors (Lipinski definition) is 2. The molecule has 0 spiro atoms. The van der Waals surface area contributed by atoms with Gasteiger partial charge in [0.15, 0.2) is 0 Å². The Morgan fingerprint density at radius 2 is 2.22 bits per heavy atom. The summed E-state index contributed by atoms with van der Waals surface area (Å²) in [4.78, 5) is 10.2. The maximum absolute atomic E-state index is 4.60. The Bertz CT molecular complexity index is 819. The molecule has 118 valence electrons. The van der Waals surface area contributed by atoms with Gasteiger partial charge in [-0.15, -0.1) is 0 Å². The maximum atomic E-state index is 4.60. The summed E-state index contributed by atoms with van der Waals surface area (Å²) < 4.78 is 4.42. The standard InChI is InChI=1S/C17H19N5S/c1-4-10-22(11-5-1)17-20-16(21-23-17)18-9-8-13-12-19-15-7-3-2-6-14(13)15/h1-4,6-7,12,19H,5,8-11H2,(H,18,21). The third kappa shape index (κ3) is 3.07. The molecule has 1 aliphatic rings. The number of H-pyrrole nitrogens is 1. The Balaban J connectivity index is 1.36. The van der Waals surface area contributed by atoms with E-state index in [1.807, 2.05) is 0 Å². The molecule has 0 saturated heterocycles. The van der Waals surface area contributed by atoms with Crippen molar-refractivity contribution < 1.29 is 0 Å². The number of rotatable bonds is 5. The van der Waals surface area contributed by atoms with Gasteiger partial charge in [-0.2, -0.15) is 9.36 Å².